The lowest BCUT2D eigenvalue weighted by atomic mass is 10.2. The molecule has 7 nitrogen and oxygen atoms in total. The zero-order valence-corrected chi connectivity index (χ0v) is 15.3. The molecule has 3 heterocycles. The summed E-state index contributed by atoms with van der Waals surface area (Å²) in [6.45, 7) is 6.77. The highest BCUT2D eigenvalue weighted by molar-refractivity contribution is 5.99. The second-order valence-electron chi connectivity index (χ2n) is 6.24. The van der Waals surface area contributed by atoms with E-state index in [0.717, 1.165) is 54.4 Å². The quantitative estimate of drug-likeness (QED) is 0.708. The van der Waals surface area contributed by atoms with Crippen LogP contribution in [0.15, 0.2) is 35.5 Å². The van der Waals surface area contributed by atoms with E-state index in [1.165, 1.54) is 0 Å². The molecule has 0 aliphatic carbocycles. The molecule has 0 atom stereocenters. The van der Waals surface area contributed by atoms with Gasteiger partial charge in [0, 0.05) is 32.1 Å². The monoisotopic (exact) mass is 350 g/mol. The minimum atomic E-state index is 0.327. The van der Waals surface area contributed by atoms with Gasteiger partial charge in [0.1, 0.15) is 22.9 Å². The third-order valence-corrected chi connectivity index (χ3v) is 4.54. The average molecular weight is 350 g/mol. The topological polar surface area (TPSA) is 68.4 Å². The van der Waals surface area contributed by atoms with Gasteiger partial charge in [-0.05, 0) is 19.1 Å². The molecule has 26 heavy (non-hydrogen) atoms. The van der Waals surface area contributed by atoms with E-state index >= 15 is 0 Å². The van der Waals surface area contributed by atoms with E-state index < -0.39 is 0 Å². The molecule has 4 rings (SSSR count). The van der Waals surface area contributed by atoms with Crippen molar-refractivity contribution >= 4 is 17.0 Å². The van der Waals surface area contributed by atoms with E-state index in [0.29, 0.717) is 11.8 Å². The number of benzene rings is 1. The SMILES string of the molecule is CCc1nc2cnc(Oc3cccc(C4=NCCN4C)c3)nc2n1CC. The number of nitrogens with zero attached hydrogens (tertiary/aromatic N) is 6. The second-order valence-corrected chi connectivity index (χ2v) is 6.24. The fourth-order valence-electron chi connectivity index (χ4n) is 3.25. The highest BCUT2D eigenvalue weighted by atomic mass is 16.5. The second kappa shape index (κ2) is 6.74. The van der Waals surface area contributed by atoms with Gasteiger partial charge in [0.05, 0.1) is 12.7 Å². The Bertz CT molecular complexity index is 977. The number of fused-ring (bicyclic) bond motifs is 1. The van der Waals surface area contributed by atoms with Gasteiger partial charge in [-0.2, -0.15) is 4.98 Å². The maximum absolute atomic E-state index is 5.93. The smallest absolute Gasteiger partial charge is 0.324 e. The van der Waals surface area contributed by atoms with E-state index in [1.54, 1.807) is 6.20 Å². The van der Waals surface area contributed by atoms with E-state index in [-0.39, 0.29) is 0 Å². The van der Waals surface area contributed by atoms with Crippen molar-refractivity contribution in [3.63, 3.8) is 0 Å². The van der Waals surface area contributed by atoms with Crippen molar-refractivity contribution in [2.75, 3.05) is 20.1 Å². The van der Waals surface area contributed by atoms with E-state index in [4.69, 9.17) is 4.74 Å². The first-order chi connectivity index (χ1) is 12.7. The number of amidine groups is 1. The number of aryl methyl sites for hydroxylation is 2. The number of imidazole rings is 1. The lowest BCUT2D eigenvalue weighted by molar-refractivity contribution is 0.443. The molecule has 1 aromatic carbocycles. The van der Waals surface area contributed by atoms with Crippen molar-refractivity contribution < 1.29 is 4.74 Å². The fourth-order valence-corrected chi connectivity index (χ4v) is 3.25. The third-order valence-electron chi connectivity index (χ3n) is 4.54. The van der Waals surface area contributed by atoms with Crippen LogP contribution in [0.2, 0.25) is 0 Å². The van der Waals surface area contributed by atoms with Crippen LogP contribution >= 0.6 is 0 Å². The lowest BCUT2D eigenvalue weighted by Crippen LogP contribution is -2.23. The van der Waals surface area contributed by atoms with Crippen molar-refractivity contribution in [2.45, 2.75) is 26.8 Å². The van der Waals surface area contributed by atoms with Crippen molar-refractivity contribution in [3.05, 3.63) is 41.9 Å². The molecule has 0 fully saturated rings. The van der Waals surface area contributed by atoms with Gasteiger partial charge in [0.2, 0.25) is 0 Å². The molecule has 0 unspecified atom stereocenters. The number of rotatable bonds is 5. The third kappa shape index (κ3) is 2.89. The van der Waals surface area contributed by atoms with Crippen LogP contribution in [0.25, 0.3) is 11.2 Å². The number of hydrogen-bond acceptors (Lipinski definition) is 6. The molecule has 2 aromatic heterocycles. The summed E-state index contributed by atoms with van der Waals surface area (Å²) >= 11 is 0. The predicted octanol–water partition coefficient (Wildman–Crippen LogP) is 2.89. The Hall–Kier alpha value is -2.96. The maximum Gasteiger partial charge on any atom is 0.324 e. The van der Waals surface area contributed by atoms with Gasteiger partial charge in [-0.3, -0.25) is 4.99 Å². The van der Waals surface area contributed by atoms with Gasteiger partial charge < -0.3 is 14.2 Å². The summed E-state index contributed by atoms with van der Waals surface area (Å²) in [6, 6.07) is 8.21. The zero-order chi connectivity index (χ0) is 18.1. The van der Waals surface area contributed by atoms with E-state index in [2.05, 4.69) is 43.3 Å². The summed E-state index contributed by atoms with van der Waals surface area (Å²) in [5.74, 6) is 2.70. The van der Waals surface area contributed by atoms with Crippen LogP contribution in [0.4, 0.5) is 0 Å². The normalized spacial score (nSPS) is 14.1. The predicted molar refractivity (Wildman–Crippen MR) is 101 cm³/mol. The van der Waals surface area contributed by atoms with Gasteiger partial charge in [0.25, 0.3) is 0 Å². The van der Waals surface area contributed by atoms with Crippen molar-refractivity contribution in [3.8, 4) is 11.8 Å². The van der Waals surface area contributed by atoms with Crippen LogP contribution in [0.1, 0.15) is 25.2 Å². The minimum Gasteiger partial charge on any atom is -0.424 e. The molecule has 0 N–H and O–H groups in total. The Morgan fingerprint density at radius 2 is 2.08 bits per heavy atom. The van der Waals surface area contributed by atoms with Crippen LogP contribution in [0, 0.1) is 0 Å². The van der Waals surface area contributed by atoms with Gasteiger partial charge in [0.15, 0.2) is 5.65 Å². The number of ether oxygens (including phenoxy) is 1. The van der Waals surface area contributed by atoms with Crippen LogP contribution in [-0.2, 0) is 13.0 Å². The molecule has 7 heteroatoms. The van der Waals surface area contributed by atoms with Crippen LogP contribution in [0.5, 0.6) is 11.8 Å². The van der Waals surface area contributed by atoms with E-state index in [1.807, 2.05) is 31.3 Å². The van der Waals surface area contributed by atoms with Crippen LogP contribution < -0.4 is 4.74 Å². The standard InChI is InChI=1S/C19H22N6O/c1-4-16-22-15-12-21-19(23-18(15)25(16)5-2)26-14-8-6-7-13(11-14)17-20-9-10-24(17)3/h6-8,11-12H,4-5,9-10H2,1-3H3. The molecular weight excluding hydrogens is 328 g/mol. The van der Waals surface area contributed by atoms with Crippen LogP contribution in [0.3, 0.4) is 0 Å². The number of hydrogen-bond donors (Lipinski definition) is 0. The molecule has 0 bridgehead atoms. The minimum absolute atomic E-state index is 0.327. The Morgan fingerprint density at radius 1 is 1.19 bits per heavy atom. The largest absolute Gasteiger partial charge is 0.424 e. The average Bonchev–Trinajstić information content (AvgIpc) is 3.24. The summed E-state index contributed by atoms with van der Waals surface area (Å²) in [5.41, 5.74) is 2.65. The molecule has 0 amide bonds. The first-order valence-electron chi connectivity index (χ1n) is 8.95. The van der Waals surface area contributed by atoms with Gasteiger partial charge in [-0.1, -0.05) is 19.1 Å². The fraction of sp³-hybridized carbons (Fsp3) is 0.368. The van der Waals surface area contributed by atoms with Crippen LogP contribution in [-0.4, -0.2) is 50.4 Å². The van der Waals surface area contributed by atoms with Gasteiger partial charge in [-0.25, -0.2) is 9.97 Å². The Kier molecular flexibility index (Phi) is 4.28. The summed E-state index contributed by atoms with van der Waals surface area (Å²) in [5, 5.41) is 0. The molecule has 0 spiro atoms. The van der Waals surface area contributed by atoms with E-state index in [9.17, 15) is 0 Å². The first-order valence-corrected chi connectivity index (χ1v) is 8.95. The highest BCUT2D eigenvalue weighted by Crippen LogP contribution is 2.23. The zero-order valence-electron chi connectivity index (χ0n) is 15.3. The molecule has 1 aliphatic heterocycles. The summed E-state index contributed by atoms with van der Waals surface area (Å²) in [4.78, 5) is 20.2. The molecule has 0 saturated heterocycles. The van der Waals surface area contributed by atoms with Crippen molar-refractivity contribution in [1.82, 2.24) is 24.4 Å². The number of likely N-dealkylation sites (N-methyl/N-ethyl adjacent to an activating group) is 1. The maximum atomic E-state index is 5.93. The Morgan fingerprint density at radius 3 is 2.81 bits per heavy atom. The molecule has 3 aromatic rings. The Balaban J connectivity index is 1.65. The molecular formula is C19H22N6O. The first kappa shape index (κ1) is 16.5. The molecule has 0 saturated carbocycles. The summed E-state index contributed by atoms with van der Waals surface area (Å²) in [6.07, 6.45) is 2.58. The molecule has 134 valence electrons. The lowest BCUT2D eigenvalue weighted by Gasteiger charge is -2.14. The summed E-state index contributed by atoms with van der Waals surface area (Å²) < 4.78 is 8.03. The van der Waals surface area contributed by atoms with Gasteiger partial charge in [-0.15, -0.1) is 0 Å². The van der Waals surface area contributed by atoms with Crippen molar-refractivity contribution in [2.24, 2.45) is 4.99 Å². The summed E-state index contributed by atoms with van der Waals surface area (Å²) in [7, 11) is 2.05. The van der Waals surface area contributed by atoms with Gasteiger partial charge >= 0.3 is 6.01 Å². The molecule has 0 radical (unpaired) electrons. The number of aromatic nitrogens is 4. The number of aliphatic imine (C=N–C) groups is 1. The Labute approximate surface area is 152 Å². The molecule has 1 aliphatic rings. The highest BCUT2D eigenvalue weighted by Gasteiger charge is 2.16. The van der Waals surface area contributed by atoms with Crippen molar-refractivity contribution in [1.29, 1.82) is 0 Å².